The van der Waals surface area contributed by atoms with Crippen molar-refractivity contribution in [2.24, 2.45) is 0 Å². The van der Waals surface area contributed by atoms with Gasteiger partial charge in [0, 0.05) is 32.3 Å². The molecule has 2 aromatic carbocycles. The van der Waals surface area contributed by atoms with Gasteiger partial charge >= 0.3 is 0 Å². The van der Waals surface area contributed by atoms with Crippen LogP contribution in [0.3, 0.4) is 0 Å². The maximum absolute atomic E-state index is 13.3. The van der Waals surface area contributed by atoms with Gasteiger partial charge in [-0.2, -0.15) is 0 Å². The number of methoxy groups -OCH3 is 1. The zero-order valence-electron chi connectivity index (χ0n) is 19.2. The first kappa shape index (κ1) is 22.5. The quantitative estimate of drug-likeness (QED) is 0.583. The molecule has 1 aliphatic heterocycles. The molecule has 170 valence electrons. The number of hydrogen-bond donors (Lipinski definition) is 0. The summed E-state index contributed by atoms with van der Waals surface area (Å²) in [7, 11) is 1.64. The van der Waals surface area contributed by atoms with Crippen LogP contribution in [0.5, 0.6) is 5.75 Å². The predicted molar refractivity (Wildman–Crippen MR) is 126 cm³/mol. The largest absolute Gasteiger partial charge is 0.497 e. The van der Waals surface area contributed by atoms with Crippen molar-refractivity contribution in [1.29, 1.82) is 0 Å². The molecule has 1 atom stereocenters. The molecule has 0 unspecified atom stereocenters. The molecule has 0 N–H and O–H groups in total. The molecule has 7 heteroatoms. The fourth-order valence-corrected chi connectivity index (χ4v) is 4.13. The summed E-state index contributed by atoms with van der Waals surface area (Å²) in [6.07, 6.45) is 3.49. The molecule has 33 heavy (non-hydrogen) atoms. The molecule has 3 aromatic rings. The Kier molecular flexibility index (Phi) is 6.68. The Labute approximate surface area is 194 Å². The summed E-state index contributed by atoms with van der Waals surface area (Å²) in [5, 5.41) is 0. The molecule has 0 aliphatic carbocycles. The third-order valence-electron chi connectivity index (χ3n) is 6.01. The van der Waals surface area contributed by atoms with Gasteiger partial charge in [-0.1, -0.05) is 36.4 Å². The first-order valence-corrected chi connectivity index (χ1v) is 11.1. The summed E-state index contributed by atoms with van der Waals surface area (Å²) in [6.45, 7) is 5.39. The summed E-state index contributed by atoms with van der Waals surface area (Å²) in [6, 6.07) is 15.4. The van der Waals surface area contributed by atoms with Crippen LogP contribution in [0, 0.1) is 6.92 Å². The van der Waals surface area contributed by atoms with E-state index in [1.54, 1.807) is 18.2 Å². The summed E-state index contributed by atoms with van der Waals surface area (Å²) in [5.74, 6) is 0.505. The monoisotopic (exact) mass is 444 g/mol. The molecule has 0 bridgehead atoms. The number of piperazine rings is 1. The van der Waals surface area contributed by atoms with Crippen LogP contribution < -0.4 is 4.74 Å². The van der Waals surface area contributed by atoms with Gasteiger partial charge in [-0.25, -0.2) is 4.98 Å². The van der Waals surface area contributed by atoms with E-state index in [4.69, 9.17) is 4.74 Å². The second-order valence-corrected chi connectivity index (χ2v) is 8.11. The van der Waals surface area contributed by atoms with Gasteiger partial charge in [-0.15, -0.1) is 0 Å². The van der Waals surface area contributed by atoms with Crippen LogP contribution in [0.25, 0.3) is 11.1 Å². The lowest BCUT2D eigenvalue weighted by Gasteiger charge is -2.40. The first-order chi connectivity index (χ1) is 16.0. The van der Waals surface area contributed by atoms with Crippen molar-refractivity contribution in [3.63, 3.8) is 0 Å². The van der Waals surface area contributed by atoms with Gasteiger partial charge in [-0.3, -0.25) is 14.6 Å². The molecule has 0 saturated carbocycles. The fraction of sp³-hybridized carbons (Fsp3) is 0.308. The van der Waals surface area contributed by atoms with Crippen molar-refractivity contribution < 1.29 is 14.3 Å². The zero-order valence-corrected chi connectivity index (χ0v) is 19.2. The van der Waals surface area contributed by atoms with Crippen molar-refractivity contribution >= 4 is 11.8 Å². The summed E-state index contributed by atoms with van der Waals surface area (Å²) in [5.41, 5.74) is 4.10. The predicted octanol–water partition coefficient (Wildman–Crippen LogP) is 3.38. The molecule has 1 fully saturated rings. The highest BCUT2D eigenvalue weighted by molar-refractivity contribution is 5.96. The van der Waals surface area contributed by atoms with Crippen LogP contribution in [0.4, 0.5) is 0 Å². The third kappa shape index (κ3) is 4.87. The minimum Gasteiger partial charge on any atom is -0.497 e. The number of benzene rings is 2. The standard InChI is InChI=1S/C26H28N4O3/c1-4-29-12-13-30(25(31)23-17-27-18(2)16-28-23)24(26(29)32)15-19-6-5-7-21(14-19)20-8-10-22(33-3)11-9-20/h5-11,14,16-17,24H,4,12-13,15H2,1-3H3/t24-/m1/s1. The number of carbonyl (C=O) groups is 2. The molecule has 2 heterocycles. The highest BCUT2D eigenvalue weighted by Crippen LogP contribution is 2.25. The smallest absolute Gasteiger partial charge is 0.274 e. The number of amides is 2. The number of likely N-dealkylation sites (N-methyl/N-ethyl adjacent to an activating group) is 1. The van der Waals surface area contributed by atoms with Gasteiger partial charge in [0.15, 0.2) is 0 Å². The molecule has 0 radical (unpaired) electrons. The maximum Gasteiger partial charge on any atom is 0.274 e. The van der Waals surface area contributed by atoms with Crippen molar-refractivity contribution in [3.05, 3.63) is 77.9 Å². The highest BCUT2D eigenvalue weighted by atomic mass is 16.5. The van der Waals surface area contributed by atoms with E-state index in [0.29, 0.717) is 26.1 Å². The Bertz CT molecular complexity index is 1130. The molecule has 2 amide bonds. The minimum absolute atomic E-state index is 0.0352. The number of rotatable bonds is 6. The van der Waals surface area contributed by atoms with E-state index in [9.17, 15) is 9.59 Å². The van der Waals surface area contributed by atoms with Crippen LogP contribution >= 0.6 is 0 Å². The normalized spacial score (nSPS) is 16.1. The molecule has 1 aromatic heterocycles. The SMILES string of the molecule is CCN1CCN(C(=O)c2cnc(C)cn2)[C@H](Cc2cccc(-c3ccc(OC)cc3)c2)C1=O. The van der Waals surface area contributed by atoms with E-state index >= 15 is 0 Å². The number of hydrogen-bond acceptors (Lipinski definition) is 5. The zero-order chi connectivity index (χ0) is 23.4. The number of nitrogens with zero attached hydrogens (tertiary/aromatic N) is 4. The van der Waals surface area contributed by atoms with Crippen molar-refractivity contribution in [2.75, 3.05) is 26.7 Å². The van der Waals surface area contributed by atoms with Crippen LogP contribution in [-0.4, -0.2) is 64.4 Å². The first-order valence-electron chi connectivity index (χ1n) is 11.1. The molecule has 1 saturated heterocycles. The van der Waals surface area contributed by atoms with E-state index in [1.165, 1.54) is 6.20 Å². The number of aryl methyl sites for hydroxylation is 1. The average Bonchev–Trinajstić information content (AvgIpc) is 2.85. The van der Waals surface area contributed by atoms with Crippen molar-refractivity contribution in [3.8, 4) is 16.9 Å². The van der Waals surface area contributed by atoms with E-state index in [0.717, 1.165) is 28.1 Å². The second-order valence-electron chi connectivity index (χ2n) is 8.11. The Morgan fingerprint density at radius 1 is 1.06 bits per heavy atom. The van der Waals surface area contributed by atoms with Crippen LogP contribution in [0.1, 0.15) is 28.7 Å². The maximum atomic E-state index is 13.3. The van der Waals surface area contributed by atoms with E-state index in [2.05, 4.69) is 16.0 Å². The second kappa shape index (κ2) is 9.81. The average molecular weight is 445 g/mol. The molecular formula is C26H28N4O3. The third-order valence-corrected chi connectivity index (χ3v) is 6.01. The van der Waals surface area contributed by atoms with Crippen LogP contribution in [-0.2, 0) is 11.2 Å². The van der Waals surface area contributed by atoms with E-state index in [-0.39, 0.29) is 17.5 Å². The topological polar surface area (TPSA) is 75.6 Å². The molecule has 0 spiro atoms. The fourth-order valence-electron chi connectivity index (χ4n) is 4.13. The van der Waals surface area contributed by atoms with Gasteiger partial charge in [0.05, 0.1) is 19.0 Å². The van der Waals surface area contributed by atoms with E-state index < -0.39 is 6.04 Å². The van der Waals surface area contributed by atoms with Gasteiger partial charge in [-0.05, 0) is 42.7 Å². The lowest BCUT2D eigenvalue weighted by atomic mass is 9.97. The number of ether oxygens (including phenoxy) is 1. The highest BCUT2D eigenvalue weighted by Gasteiger charge is 2.37. The lowest BCUT2D eigenvalue weighted by molar-refractivity contribution is -0.139. The summed E-state index contributed by atoms with van der Waals surface area (Å²) in [4.78, 5) is 38.4. The van der Waals surface area contributed by atoms with Crippen LogP contribution in [0.2, 0.25) is 0 Å². The number of aromatic nitrogens is 2. The Morgan fingerprint density at radius 3 is 2.52 bits per heavy atom. The lowest BCUT2D eigenvalue weighted by Crippen LogP contribution is -2.59. The molecule has 4 rings (SSSR count). The van der Waals surface area contributed by atoms with Gasteiger partial charge in [0.1, 0.15) is 17.5 Å². The van der Waals surface area contributed by atoms with E-state index in [1.807, 2.05) is 61.2 Å². The molecule has 1 aliphatic rings. The van der Waals surface area contributed by atoms with Crippen LogP contribution in [0.15, 0.2) is 60.9 Å². The number of carbonyl (C=O) groups excluding carboxylic acids is 2. The van der Waals surface area contributed by atoms with Gasteiger partial charge in [0.25, 0.3) is 5.91 Å². The summed E-state index contributed by atoms with van der Waals surface area (Å²) >= 11 is 0. The van der Waals surface area contributed by atoms with Gasteiger partial charge < -0.3 is 14.5 Å². The van der Waals surface area contributed by atoms with Crippen molar-refractivity contribution in [2.45, 2.75) is 26.3 Å². The molecule has 7 nitrogen and oxygen atoms in total. The Morgan fingerprint density at radius 2 is 1.85 bits per heavy atom. The minimum atomic E-state index is -0.583. The van der Waals surface area contributed by atoms with Crippen molar-refractivity contribution in [1.82, 2.24) is 19.8 Å². The molecular weight excluding hydrogens is 416 g/mol. The van der Waals surface area contributed by atoms with Gasteiger partial charge in [0.2, 0.25) is 5.91 Å². The summed E-state index contributed by atoms with van der Waals surface area (Å²) < 4.78 is 5.25. The Hall–Kier alpha value is -3.74. The Balaban J connectivity index is 1.61.